The summed E-state index contributed by atoms with van der Waals surface area (Å²) in [4.78, 5) is 10.9. The second-order valence-corrected chi connectivity index (χ2v) is 3.86. The number of rotatable bonds is 2. The Hall–Kier alpha value is -0.830. The van der Waals surface area contributed by atoms with E-state index in [9.17, 15) is 4.79 Å². The summed E-state index contributed by atoms with van der Waals surface area (Å²) in [7, 11) is 0. The SMILES string of the molecule is O=C(O)C1=C(C2CCC2)CNCC1. The van der Waals surface area contributed by atoms with Crippen LogP contribution in [0, 0.1) is 5.92 Å². The van der Waals surface area contributed by atoms with Crippen LogP contribution in [0.25, 0.3) is 0 Å². The van der Waals surface area contributed by atoms with E-state index >= 15 is 0 Å². The Morgan fingerprint density at radius 3 is 2.77 bits per heavy atom. The van der Waals surface area contributed by atoms with Gasteiger partial charge in [0, 0.05) is 12.1 Å². The van der Waals surface area contributed by atoms with E-state index in [1.165, 1.54) is 24.8 Å². The maximum absolute atomic E-state index is 10.9. The standard InChI is InChI=1S/C10H15NO2/c12-10(13)8-4-5-11-6-9(8)7-2-1-3-7/h7,11H,1-6H2,(H,12,13). The lowest BCUT2D eigenvalue weighted by Crippen LogP contribution is -2.32. The van der Waals surface area contributed by atoms with Crippen molar-refractivity contribution in [1.29, 1.82) is 0 Å². The molecule has 13 heavy (non-hydrogen) atoms. The predicted molar refractivity (Wildman–Crippen MR) is 49.5 cm³/mol. The molecule has 0 bridgehead atoms. The van der Waals surface area contributed by atoms with Gasteiger partial charge < -0.3 is 10.4 Å². The number of aliphatic carboxylic acids is 1. The van der Waals surface area contributed by atoms with Gasteiger partial charge in [0.15, 0.2) is 0 Å². The van der Waals surface area contributed by atoms with Crippen LogP contribution >= 0.6 is 0 Å². The van der Waals surface area contributed by atoms with Crippen LogP contribution < -0.4 is 5.32 Å². The third-order valence-electron chi connectivity index (χ3n) is 3.11. The lowest BCUT2D eigenvalue weighted by molar-refractivity contribution is -0.133. The fraction of sp³-hybridized carbons (Fsp3) is 0.700. The zero-order valence-corrected chi connectivity index (χ0v) is 7.68. The van der Waals surface area contributed by atoms with E-state index in [2.05, 4.69) is 5.32 Å². The van der Waals surface area contributed by atoms with Crippen LogP contribution in [0.1, 0.15) is 25.7 Å². The third-order valence-corrected chi connectivity index (χ3v) is 3.11. The highest BCUT2D eigenvalue weighted by molar-refractivity contribution is 5.88. The number of nitrogens with one attached hydrogen (secondary N) is 1. The van der Waals surface area contributed by atoms with Crippen LogP contribution in [0.3, 0.4) is 0 Å². The predicted octanol–water partition coefficient (Wildman–Crippen LogP) is 1.16. The Labute approximate surface area is 77.8 Å². The molecule has 0 atom stereocenters. The number of hydrogen-bond donors (Lipinski definition) is 2. The van der Waals surface area contributed by atoms with Crippen LogP contribution in [0.15, 0.2) is 11.1 Å². The number of hydrogen-bond acceptors (Lipinski definition) is 2. The topological polar surface area (TPSA) is 49.3 Å². The van der Waals surface area contributed by atoms with E-state index in [4.69, 9.17) is 5.11 Å². The van der Waals surface area contributed by atoms with Crippen LogP contribution in [-0.4, -0.2) is 24.2 Å². The second kappa shape index (κ2) is 3.50. The molecule has 72 valence electrons. The van der Waals surface area contributed by atoms with Crippen molar-refractivity contribution in [2.75, 3.05) is 13.1 Å². The molecule has 1 aliphatic heterocycles. The molecule has 0 spiro atoms. The summed E-state index contributed by atoms with van der Waals surface area (Å²) in [5.74, 6) is -0.137. The molecule has 1 saturated carbocycles. The van der Waals surface area contributed by atoms with E-state index in [0.717, 1.165) is 13.1 Å². The molecule has 0 saturated heterocycles. The van der Waals surface area contributed by atoms with Crippen LogP contribution in [0.5, 0.6) is 0 Å². The second-order valence-electron chi connectivity index (χ2n) is 3.86. The fourth-order valence-electron chi connectivity index (χ4n) is 2.10. The highest BCUT2D eigenvalue weighted by Gasteiger charge is 2.28. The molecule has 0 aromatic heterocycles. The van der Waals surface area contributed by atoms with Crippen LogP contribution in [-0.2, 0) is 4.79 Å². The first-order valence-electron chi connectivity index (χ1n) is 4.95. The highest BCUT2D eigenvalue weighted by Crippen LogP contribution is 2.35. The van der Waals surface area contributed by atoms with Crippen molar-refractivity contribution in [3.8, 4) is 0 Å². The minimum Gasteiger partial charge on any atom is -0.478 e. The van der Waals surface area contributed by atoms with Crippen molar-refractivity contribution in [3.05, 3.63) is 11.1 Å². The molecule has 0 amide bonds. The van der Waals surface area contributed by atoms with Gasteiger partial charge in [0.05, 0.1) is 0 Å². The monoisotopic (exact) mass is 181 g/mol. The molecule has 0 radical (unpaired) electrons. The minimum absolute atomic E-state index is 0.568. The zero-order chi connectivity index (χ0) is 9.26. The first-order valence-corrected chi connectivity index (χ1v) is 4.95. The molecule has 2 aliphatic rings. The van der Waals surface area contributed by atoms with Gasteiger partial charge in [-0.1, -0.05) is 6.42 Å². The normalized spacial score (nSPS) is 24.3. The van der Waals surface area contributed by atoms with Gasteiger partial charge in [-0.25, -0.2) is 4.79 Å². The Morgan fingerprint density at radius 2 is 2.23 bits per heavy atom. The Morgan fingerprint density at radius 1 is 1.46 bits per heavy atom. The maximum atomic E-state index is 10.9. The van der Waals surface area contributed by atoms with Gasteiger partial charge in [-0.15, -0.1) is 0 Å². The largest absolute Gasteiger partial charge is 0.478 e. The van der Waals surface area contributed by atoms with E-state index < -0.39 is 5.97 Å². The summed E-state index contributed by atoms with van der Waals surface area (Å²) >= 11 is 0. The molecule has 0 aromatic rings. The van der Waals surface area contributed by atoms with Crippen molar-refractivity contribution in [2.45, 2.75) is 25.7 Å². The molecule has 2 rings (SSSR count). The summed E-state index contributed by atoms with van der Waals surface area (Å²) in [5.41, 5.74) is 1.86. The van der Waals surface area contributed by atoms with Crippen molar-refractivity contribution in [3.63, 3.8) is 0 Å². The molecular formula is C10H15NO2. The summed E-state index contributed by atoms with van der Waals surface area (Å²) in [6, 6.07) is 0. The van der Waals surface area contributed by atoms with Crippen molar-refractivity contribution >= 4 is 5.97 Å². The summed E-state index contributed by atoms with van der Waals surface area (Å²) in [6.07, 6.45) is 4.34. The Bertz CT molecular complexity index is 254. The molecule has 2 N–H and O–H groups in total. The van der Waals surface area contributed by atoms with E-state index in [0.29, 0.717) is 17.9 Å². The Kier molecular flexibility index (Phi) is 2.36. The number of carboxylic acids is 1. The van der Waals surface area contributed by atoms with E-state index in [1.807, 2.05) is 0 Å². The molecule has 3 heteroatoms. The third kappa shape index (κ3) is 1.61. The van der Waals surface area contributed by atoms with E-state index in [-0.39, 0.29) is 0 Å². The quantitative estimate of drug-likeness (QED) is 0.672. The summed E-state index contributed by atoms with van der Waals surface area (Å²) in [5, 5.41) is 12.2. The average molecular weight is 181 g/mol. The molecule has 1 heterocycles. The van der Waals surface area contributed by atoms with Gasteiger partial charge in [0.25, 0.3) is 0 Å². The van der Waals surface area contributed by atoms with Gasteiger partial charge in [0.1, 0.15) is 0 Å². The van der Waals surface area contributed by atoms with Gasteiger partial charge in [-0.3, -0.25) is 0 Å². The van der Waals surface area contributed by atoms with Gasteiger partial charge in [0.2, 0.25) is 0 Å². The zero-order valence-electron chi connectivity index (χ0n) is 7.68. The average Bonchev–Trinajstić information content (AvgIpc) is 2.02. The summed E-state index contributed by atoms with van der Waals surface area (Å²) < 4.78 is 0. The van der Waals surface area contributed by atoms with Crippen molar-refractivity contribution in [1.82, 2.24) is 5.32 Å². The number of carboxylic acid groups (broad SMARTS) is 1. The fourth-order valence-corrected chi connectivity index (χ4v) is 2.10. The molecule has 1 fully saturated rings. The van der Waals surface area contributed by atoms with Crippen LogP contribution in [0.2, 0.25) is 0 Å². The first kappa shape index (κ1) is 8.75. The molecule has 0 aromatic carbocycles. The number of carbonyl (C=O) groups is 1. The molecule has 0 unspecified atom stereocenters. The van der Waals surface area contributed by atoms with Gasteiger partial charge >= 0.3 is 5.97 Å². The molecule has 1 aliphatic carbocycles. The Balaban J connectivity index is 2.20. The first-order chi connectivity index (χ1) is 6.29. The molecular weight excluding hydrogens is 166 g/mol. The minimum atomic E-state index is -0.705. The molecule has 3 nitrogen and oxygen atoms in total. The lowest BCUT2D eigenvalue weighted by Gasteiger charge is -2.32. The van der Waals surface area contributed by atoms with Crippen molar-refractivity contribution in [2.24, 2.45) is 5.92 Å². The lowest BCUT2D eigenvalue weighted by atomic mass is 9.76. The van der Waals surface area contributed by atoms with Crippen molar-refractivity contribution < 1.29 is 9.90 Å². The summed E-state index contributed by atoms with van der Waals surface area (Å²) in [6.45, 7) is 1.62. The van der Waals surface area contributed by atoms with E-state index in [1.54, 1.807) is 0 Å². The highest BCUT2D eigenvalue weighted by atomic mass is 16.4. The maximum Gasteiger partial charge on any atom is 0.331 e. The van der Waals surface area contributed by atoms with Crippen LogP contribution in [0.4, 0.5) is 0 Å². The smallest absolute Gasteiger partial charge is 0.331 e. The van der Waals surface area contributed by atoms with Gasteiger partial charge in [-0.05, 0) is 37.3 Å². The van der Waals surface area contributed by atoms with Gasteiger partial charge in [-0.2, -0.15) is 0 Å².